The number of carbonyl (C=O) groups is 1. The lowest BCUT2D eigenvalue weighted by atomic mass is 9.75. The van der Waals surface area contributed by atoms with Gasteiger partial charge in [0, 0.05) is 35.8 Å². The fourth-order valence-corrected chi connectivity index (χ4v) is 3.79. The number of anilines is 1. The Kier molecular flexibility index (Phi) is 3.75. The summed E-state index contributed by atoms with van der Waals surface area (Å²) in [6, 6.07) is 2.01. The lowest BCUT2D eigenvalue weighted by Crippen LogP contribution is -2.31. The molecule has 2 aromatic rings. The largest absolute Gasteiger partial charge is 0.282 e. The highest BCUT2D eigenvalue weighted by Crippen LogP contribution is 2.50. The van der Waals surface area contributed by atoms with Crippen molar-refractivity contribution in [3.05, 3.63) is 65.7 Å². The molecule has 5 nitrogen and oxygen atoms in total. The second kappa shape index (κ2) is 5.87. The second-order valence-electron chi connectivity index (χ2n) is 7.62. The number of aryl methyl sites for hydroxylation is 2. The van der Waals surface area contributed by atoms with Crippen LogP contribution < -0.4 is 4.90 Å². The standard InChI is InChI=1S/C21H22N4O/c1-13-7-17(12-22-9-13)25-19-8-15(16-10-23-14(2)24-11-16)5-6-18(19)21(3,4)20(25)26/h5,7-12,18H,6H2,1-4H3. The highest BCUT2D eigenvalue weighted by atomic mass is 16.2. The summed E-state index contributed by atoms with van der Waals surface area (Å²) in [6.45, 7) is 7.93. The Bertz CT molecular complexity index is 941. The Morgan fingerprint density at radius 2 is 1.85 bits per heavy atom. The molecule has 0 saturated carbocycles. The van der Waals surface area contributed by atoms with E-state index in [4.69, 9.17) is 0 Å². The molecule has 132 valence electrons. The average molecular weight is 346 g/mol. The molecule has 0 spiro atoms. The number of rotatable bonds is 2. The van der Waals surface area contributed by atoms with Crippen molar-refractivity contribution in [2.45, 2.75) is 34.1 Å². The molecule has 1 saturated heterocycles. The SMILES string of the molecule is Cc1cncc(N2C(=O)C(C)(C)C3CC=C(c4cnc(C)nc4)C=C32)c1. The molecule has 26 heavy (non-hydrogen) atoms. The lowest BCUT2D eigenvalue weighted by Gasteiger charge is -2.26. The summed E-state index contributed by atoms with van der Waals surface area (Å²) < 4.78 is 0. The van der Waals surface area contributed by atoms with E-state index in [-0.39, 0.29) is 11.8 Å². The van der Waals surface area contributed by atoms with Gasteiger partial charge in [0.1, 0.15) is 5.82 Å². The molecule has 4 rings (SSSR count). The molecular weight excluding hydrogens is 324 g/mol. The first-order valence-electron chi connectivity index (χ1n) is 8.85. The summed E-state index contributed by atoms with van der Waals surface area (Å²) >= 11 is 0. The minimum absolute atomic E-state index is 0.121. The van der Waals surface area contributed by atoms with Gasteiger partial charge in [0.2, 0.25) is 5.91 Å². The monoisotopic (exact) mass is 346 g/mol. The van der Waals surface area contributed by atoms with Gasteiger partial charge in [-0.15, -0.1) is 0 Å². The Hall–Kier alpha value is -2.82. The molecule has 0 N–H and O–H groups in total. The molecule has 0 aromatic carbocycles. The first-order valence-corrected chi connectivity index (χ1v) is 8.85. The fraction of sp³-hybridized carbons (Fsp3) is 0.333. The summed E-state index contributed by atoms with van der Waals surface area (Å²) in [6.07, 6.45) is 12.4. The predicted octanol–water partition coefficient (Wildman–Crippen LogP) is 3.85. The molecule has 1 amide bonds. The molecule has 1 fully saturated rings. The number of hydrogen-bond acceptors (Lipinski definition) is 4. The van der Waals surface area contributed by atoms with Crippen molar-refractivity contribution < 1.29 is 4.79 Å². The molecule has 5 heteroatoms. The lowest BCUT2D eigenvalue weighted by molar-refractivity contribution is -0.125. The van der Waals surface area contributed by atoms with Gasteiger partial charge in [0.25, 0.3) is 0 Å². The molecule has 1 aliphatic heterocycles. The van der Waals surface area contributed by atoms with Gasteiger partial charge in [-0.1, -0.05) is 19.9 Å². The van der Waals surface area contributed by atoms with Gasteiger partial charge in [0.15, 0.2) is 0 Å². The number of aromatic nitrogens is 3. The van der Waals surface area contributed by atoms with E-state index in [2.05, 4.69) is 27.1 Å². The number of nitrogens with zero attached hydrogens (tertiary/aromatic N) is 4. The van der Waals surface area contributed by atoms with Crippen molar-refractivity contribution >= 4 is 17.2 Å². The average Bonchev–Trinajstić information content (AvgIpc) is 2.81. The molecule has 2 aliphatic rings. The Balaban J connectivity index is 1.81. The molecule has 3 heterocycles. The number of allylic oxidation sites excluding steroid dienone is 4. The van der Waals surface area contributed by atoms with Crippen molar-refractivity contribution in [3.63, 3.8) is 0 Å². The van der Waals surface area contributed by atoms with Crippen LogP contribution in [-0.2, 0) is 4.79 Å². The molecule has 1 aliphatic carbocycles. The smallest absolute Gasteiger partial charge is 0.237 e. The van der Waals surface area contributed by atoms with E-state index in [1.165, 1.54) is 0 Å². The minimum atomic E-state index is -0.443. The Morgan fingerprint density at radius 3 is 2.54 bits per heavy atom. The summed E-state index contributed by atoms with van der Waals surface area (Å²) in [4.78, 5) is 27.9. The third-order valence-electron chi connectivity index (χ3n) is 5.35. The number of carbonyl (C=O) groups excluding carboxylic acids is 1. The number of hydrogen-bond donors (Lipinski definition) is 0. The highest BCUT2D eigenvalue weighted by Gasteiger charge is 2.51. The topological polar surface area (TPSA) is 59.0 Å². The van der Waals surface area contributed by atoms with E-state index >= 15 is 0 Å². The fourth-order valence-electron chi connectivity index (χ4n) is 3.79. The Labute approximate surface area is 153 Å². The number of fused-ring (bicyclic) bond motifs is 1. The molecule has 0 radical (unpaired) electrons. The van der Waals surface area contributed by atoms with Crippen LogP contribution in [0.4, 0.5) is 5.69 Å². The van der Waals surface area contributed by atoms with Crippen molar-refractivity contribution in [1.82, 2.24) is 15.0 Å². The molecule has 1 unspecified atom stereocenters. The van der Waals surface area contributed by atoms with Crippen LogP contribution in [0.25, 0.3) is 5.57 Å². The van der Waals surface area contributed by atoms with E-state index < -0.39 is 5.41 Å². The summed E-state index contributed by atoms with van der Waals surface area (Å²) in [5, 5.41) is 0. The maximum absolute atomic E-state index is 13.2. The third kappa shape index (κ3) is 2.55. The van der Waals surface area contributed by atoms with E-state index in [9.17, 15) is 4.79 Å². The normalized spacial score (nSPS) is 21.3. The van der Waals surface area contributed by atoms with E-state index in [1.54, 1.807) is 12.4 Å². The van der Waals surface area contributed by atoms with Crippen LogP contribution >= 0.6 is 0 Å². The zero-order chi connectivity index (χ0) is 18.5. The quantitative estimate of drug-likeness (QED) is 0.829. The van der Waals surface area contributed by atoms with Crippen molar-refractivity contribution in [2.75, 3.05) is 4.90 Å². The van der Waals surface area contributed by atoms with Gasteiger partial charge in [-0.2, -0.15) is 0 Å². The van der Waals surface area contributed by atoms with Crippen LogP contribution in [0.15, 0.2) is 48.7 Å². The zero-order valence-electron chi connectivity index (χ0n) is 15.5. The molecule has 2 aromatic heterocycles. The van der Waals surface area contributed by atoms with Gasteiger partial charge >= 0.3 is 0 Å². The molecular formula is C21H22N4O. The third-order valence-corrected chi connectivity index (χ3v) is 5.35. The number of pyridine rings is 1. The van der Waals surface area contributed by atoms with Crippen molar-refractivity contribution in [3.8, 4) is 0 Å². The number of amides is 1. The minimum Gasteiger partial charge on any atom is -0.282 e. The molecule has 1 atom stereocenters. The van der Waals surface area contributed by atoms with Crippen LogP contribution in [0.5, 0.6) is 0 Å². The maximum Gasteiger partial charge on any atom is 0.237 e. The predicted molar refractivity (Wildman–Crippen MR) is 101 cm³/mol. The van der Waals surface area contributed by atoms with Crippen LogP contribution in [0.1, 0.15) is 37.2 Å². The van der Waals surface area contributed by atoms with Gasteiger partial charge in [-0.05, 0) is 43.5 Å². The van der Waals surface area contributed by atoms with Crippen LogP contribution in [0.3, 0.4) is 0 Å². The van der Waals surface area contributed by atoms with Crippen molar-refractivity contribution in [2.24, 2.45) is 11.3 Å². The maximum atomic E-state index is 13.2. The van der Waals surface area contributed by atoms with E-state index in [0.717, 1.165) is 40.3 Å². The summed E-state index contributed by atoms with van der Waals surface area (Å²) in [7, 11) is 0. The van der Waals surface area contributed by atoms with Crippen LogP contribution in [0.2, 0.25) is 0 Å². The van der Waals surface area contributed by atoms with Gasteiger partial charge < -0.3 is 0 Å². The molecule has 0 bridgehead atoms. The van der Waals surface area contributed by atoms with Gasteiger partial charge in [-0.25, -0.2) is 9.97 Å². The van der Waals surface area contributed by atoms with Crippen LogP contribution in [0, 0.1) is 25.2 Å². The van der Waals surface area contributed by atoms with Crippen molar-refractivity contribution in [1.29, 1.82) is 0 Å². The highest BCUT2D eigenvalue weighted by molar-refractivity contribution is 6.05. The van der Waals surface area contributed by atoms with E-state index in [1.807, 2.05) is 51.1 Å². The van der Waals surface area contributed by atoms with Gasteiger partial charge in [-0.3, -0.25) is 14.7 Å². The Morgan fingerprint density at radius 1 is 1.12 bits per heavy atom. The van der Waals surface area contributed by atoms with E-state index in [0.29, 0.717) is 0 Å². The zero-order valence-corrected chi connectivity index (χ0v) is 15.5. The summed E-state index contributed by atoms with van der Waals surface area (Å²) in [5.41, 5.74) is 4.49. The summed E-state index contributed by atoms with van der Waals surface area (Å²) in [5.74, 6) is 1.03. The van der Waals surface area contributed by atoms with Gasteiger partial charge in [0.05, 0.1) is 17.3 Å². The second-order valence-corrected chi connectivity index (χ2v) is 7.62. The first kappa shape index (κ1) is 16.6. The van der Waals surface area contributed by atoms with Crippen LogP contribution in [-0.4, -0.2) is 20.9 Å². The first-order chi connectivity index (χ1) is 12.4.